The number of carbonyl (C=O) groups is 1. The van der Waals surface area contributed by atoms with Crippen molar-refractivity contribution in [3.63, 3.8) is 0 Å². The highest BCUT2D eigenvalue weighted by Crippen LogP contribution is 2.27. The van der Waals surface area contributed by atoms with Crippen LogP contribution in [0.5, 0.6) is 11.5 Å². The molecule has 0 saturated heterocycles. The molecule has 0 aliphatic carbocycles. The summed E-state index contributed by atoms with van der Waals surface area (Å²) in [6, 6.07) is 19.6. The van der Waals surface area contributed by atoms with Gasteiger partial charge in [-0.2, -0.15) is 0 Å². The third-order valence-electron chi connectivity index (χ3n) is 4.58. The molecule has 3 aromatic rings. The highest BCUT2D eigenvalue weighted by Gasteiger charge is 2.15. The van der Waals surface area contributed by atoms with Gasteiger partial charge in [-0.1, -0.05) is 57.2 Å². The third kappa shape index (κ3) is 4.63. The van der Waals surface area contributed by atoms with Crippen molar-refractivity contribution in [2.75, 3.05) is 20.3 Å². The molecule has 0 fully saturated rings. The van der Waals surface area contributed by atoms with Crippen molar-refractivity contribution >= 4 is 16.7 Å². The van der Waals surface area contributed by atoms with Crippen LogP contribution in [-0.2, 0) is 10.2 Å². The highest BCUT2D eigenvalue weighted by atomic mass is 16.5. The number of esters is 1. The molecule has 28 heavy (non-hydrogen) atoms. The van der Waals surface area contributed by atoms with Crippen molar-refractivity contribution in [1.29, 1.82) is 0 Å². The molecule has 0 aromatic heterocycles. The van der Waals surface area contributed by atoms with Gasteiger partial charge >= 0.3 is 5.97 Å². The first kappa shape index (κ1) is 19.7. The Morgan fingerprint density at radius 2 is 1.46 bits per heavy atom. The van der Waals surface area contributed by atoms with Crippen molar-refractivity contribution in [1.82, 2.24) is 0 Å². The van der Waals surface area contributed by atoms with Gasteiger partial charge in [0.05, 0.1) is 7.11 Å². The van der Waals surface area contributed by atoms with E-state index in [1.807, 2.05) is 42.5 Å². The van der Waals surface area contributed by atoms with Crippen molar-refractivity contribution in [3.8, 4) is 11.5 Å². The first-order valence-electron chi connectivity index (χ1n) is 9.36. The summed E-state index contributed by atoms with van der Waals surface area (Å²) in [4.78, 5) is 12.1. The lowest BCUT2D eigenvalue weighted by Crippen LogP contribution is -2.13. The van der Waals surface area contributed by atoms with Gasteiger partial charge in [0.1, 0.15) is 30.3 Å². The SMILES string of the molecule is COC(=O)c1cc2ccccc2cc1OCCOc1ccc(C(C)(C)C)cc1. The zero-order valence-corrected chi connectivity index (χ0v) is 16.8. The van der Waals surface area contributed by atoms with E-state index in [0.717, 1.165) is 16.5 Å². The van der Waals surface area contributed by atoms with Crippen molar-refractivity contribution in [2.24, 2.45) is 0 Å². The molecule has 0 heterocycles. The minimum absolute atomic E-state index is 0.113. The predicted molar refractivity (Wildman–Crippen MR) is 111 cm³/mol. The van der Waals surface area contributed by atoms with Crippen LogP contribution < -0.4 is 9.47 Å². The largest absolute Gasteiger partial charge is 0.490 e. The summed E-state index contributed by atoms with van der Waals surface area (Å²) in [5.74, 6) is 0.875. The summed E-state index contributed by atoms with van der Waals surface area (Å²) in [5, 5.41) is 1.97. The minimum Gasteiger partial charge on any atom is -0.490 e. The molecule has 0 atom stereocenters. The summed E-state index contributed by atoms with van der Waals surface area (Å²) >= 11 is 0. The van der Waals surface area contributed by atoms with E-state index in [4.69, 9.17) is 14.2 Å². The predicted octanol–water partition coefficient (Wildman–Crippen LogP) is 5.38. The van der Waals surface area contributed by atoms with Gasteiger partial charge in [-0.3, -0.25) is 0 Å². The van der Waals surface area contributed by atoms with Gasteiger partial charge < -0.3 is 14.2 Å². The van der Waals surface area contributed by atoms with Gasteiger partial charge in [-0.25, -0.2) is 4.79 Å². The molecule has 0 saturated carbocycles. The summed E-state index contributed by atoms with van der Waals surface area (Å²) < 4.78 is 16.5. The summed E-state index contributed by atoms with van der Waals surface area (Å²) in [5.41, 5.74) is 1.79. The molecule has 0 N–H and O–H groups in total. The third-order valence-corrected chi connectivity index (χ3v) is 4.58. The van der Waals surface area contributed by atoms with E-state index < -0.39 is 5.97 Å². The fourth-order valence-corrected chi connectivity index (χ4v) is 2.97. The molecular formula is C24H26O4. The number of methoxy groups -OCH3 is 1. The summed E-state index contributed by atoms with van der Waals surface area (Å²) in [6.45, 7) is 7.24. The second-order valence-corrected chi connectivity index (χ2v) is 7.66. The van der Waals surface area contributed by atoms with Gasteiger partial charge in [0.2, 0.25) is 0 Å². The fourth-order valence-electron chi connectivity index (χ4n) is 2.97. The number of hydrogen-bond acceptors (Lipinski definition) is 4. The summed E-state index contributed by atoms with van der Waals surface area (Å²) in [6.07, 6.45) is 0. The zero-order chi connectivity index (χ0) is 20.1. The van der Waals surface area contributed by atoms with E-state index in [1.54, 1.807) is 6.07 Å². The zero-order valence-electron chi connectivity index (χ0n) is 16.8. The van der Waals surface area contributed by atoms with Crippen LogP contribution in [0.2, 0.25) is 0 Å². The fraction of sp³-hybridized carbons (Fsp3) is 0.292. The molecule has 0 radical (unpaired) electrons. The Labute approximate surface area is 166 Å². The van der Waals surface area contributed by atoms with E-state index in [-0.39, 0.29) is 5.41 Å². The number of ether oxygens (including phenoxy) is 3. The lowest BCUT2D eigenvalue weighted by molar-refractivity contribution is 0.0595. The number of hydrogen-bond donors (Lipinski definition) is 0. The molecule has 3 aromatic carbocycles. The van der Waals surface area contributed by atoms with Crippen molar-refractivity contribution in [2.45, 2.75) is 26.2 Å². The van der Waals surface area contributed by atoms with E-state index in [9.17, 15) is 4.79 Å². The van der Waals surface area contributed by atoms with Gasteiger partial charge in [-0.05, 0) is 46.0 Å². The van der Waals surface area contributed by atoms with E-state index >= 15 is 0 Å². The van der Waals surface area contributed by atoms with Gasteiger partial charge in [0.15, 0.2) is 0 Å². The lowest BCUT2D eigenvalue weighted by atomic mass is 9.87. The Bertz CT molecular complexity index is 952. The summed E-state index contributed by atoms with van der Waals surface area (Å²) in [7, 11) is 1.37. The molecule has 4 heteroatoms. The van der Waals surface area contributed by atoms with E-state index in [2.05, 4.69) is 32.9 Å². The van der Waals surface area contributed by atoms with Gasteiger partial charge in [0, 0.05) is 0 Å². The topological polar surface area (TPSA) is 44.8 Å². The number of rotatable bonds is 6. The molecule has 0 bridgehead atoms. The molecule has 3 rings (SSSR count). The van der Waals surface area contributed by atoms with Crippen LogP contribution in [0.25, 0.3) is 10.8 Å². The standard InChI is InChI=1S/C24H26O4/c1-24(2,3)19-9-11-20(12-10-19)27-13-14-28-22-16-18-8-6-5-7-17(18)15-21(22)23(25)26-4/h5-12,15-16H,13-14H2,1-4H3. The highest BCUT2D eigenvalue weighted by molar-refractivity contribution is 5.98. The smallest absolute Gasteiger partial charge is 0.341 e. The van der Waals surface area contributed by atoms with Crippen LogP contribution in [0.1, 0.15) is 36.7 Å². The molecule has 0 unspecified atom stereocenters. The van der Waals surface area contributed by atoms with Crippen molar-refractivity contribution < 1.29 is 19.0 Å². The Morgan fingerprint density at radius 1 is 0.857 bits per heavy atom. The van der Waals surface area contributed by atoms with Crippen LogP contribution in [0.4, 0.5) is 0 Å². The Balaban J connectivity index is 1.65. The molecule has 0 spiro atoms. The average Bonchev–Trinajstić information content (AvgIpc) is 2.69. The second-order valence-electron chi connectivity index (χ2n) is 7.66. The number of carbonyl (C=O) groups excluding carboxylic acids is 1. The average molecular weight is 378 g/mol. The van der Waals surface area contributed by atoms with E-state index in [0.29, 0.717) is 24.5 Å². The maximum absolute atomic E-state index is 12.1. The van der Waals surface area contributed by atoms with Crippen LogP contribution >= 0.6 is 0 Å². The lowest BCUT2D eigenvalue weighted by Gasteiger charge is -2.19. The monoisotopic (exact) mass is 378 g/mol. The Kier molecular flexibility index (Phi) is 5.88. The Hall–Kier alpha value is -3.01. The van der Waals surface area contributed by atoms with Crippen LogP contribution in [0, 0.1) is 0 Å². The van der Waals surface area contributed by atoms with E-state index in [1.165, 1.54) is 12.7 Å². The quantitative estimate of drug-likeness (QED) is 0.427. The van der Waals surface area contributed by atoms with Gasteiger partial charge in [-0.15, -0.1) is 0 Å². The number of fused-ring (bicyclic) bond motifs is 1. The molecule has 0 aliphatic heterocycles. The first-order valence-corrected chi connectivity index (χ1v) is 9.36. The maximum atomic E-state index is 12.1. The molecular weight excluding hydrogens is 352 g/mol. The molecule has 4 nitrogen and oxygen atoms in total. The van der Waals surface area contributed by atoms with Crippen LogP contribution in [0.15, 0.2) is 60.7 Å². The van der Waals surface area contributed by atoms with Gasteiger partial charge in [0.25, 0.3) is 0 Å². The Morgan fingerprint density at radius 3 is 2.07 bits per heavy atom. The number of benzene rings is 3. The maximum Gasteiger partial charge on any atom is 0.341 e. The molecule has 146 valence electrons. The van der Waals surface area contributed by atoms with Crippen LogP contribution in [-0.4, -0.2) is 26.3 Å². The van der Waals surface area contributed by atoms with Crippen LogP contribution in [0.3, 0.4) is 0 Å². The normalized spacial score (nSPS) is 11.3. The second kappa shape index (κ2) is 8.34. The minimum atomic E-state index is -0.417. The molecule has 0 amide bonds. The van der Waals surface area contributed by atoms with Crippen molar-refractivity contribution in [3.05, 3.63) is 71.8 Å². The first-order chi connectivity index (χ1) is 13.4. The molecule has 0 aliphatic rings.